The van der Waals surface area contributed by atoms with Gasteiger partial charge in [0, 0.05) is 17.5 Å². The van der Waals surface area contributed by atoms with E-state index in [9.17, 15) is 13.2 Å². The van der Waals surface area contributed by atoms with Crippen LogP contribution in [-0.4, -0.2) is 11.0 Å². The summed E-state index contributed by atoms with van der Waals surface area (Å²) in [6.07, 6.45) is -2.15. The maximum absolute atomic E-state index is 13.1. The van der Waals surface area contributed by atoms with Crippen LogP contribution in [0.5, 0.6) is 0 Å². The molecule has 1 rings (SSSR count). The third-order valence-corrected chi connectivity index (χ3v) is 1.97. The predicted octanol–water partition coefficient (Wildman–Crippen LogP) is 3.59. The Morgan fingerprint density at radius 3 is 2.33 bits per heavy atom. The van der Waals surface area contributed by atoms with E-state index >= 15 is 0 Å². The first-order chi connectivity index (χ1) is 6.32. The molecule has 1 aromatic carbocycles. The van der Waals surface area contributed by atoms with Crippen LogP contribution in [0.1, 0.15) is 18.6 Å². The summed E-state index contributed by atoms with van der Waals surface area (Å²) in [6, 6.07) is 3.17. The van der Waals surface area contributed by atoms with Gasteiger partial charge in [-0.1, -0.05) is 17.7 Å². The van der Waals surface area contributed by atoms with Crippen LogP contribution < -0.4 is 0 Å². The minimum Gasteiger partial charge on any atom is -0.382 e. The molecule has 0 aliphatic heterocycles. The highest BCUT2D eigenvalue weighted by Crippen LogP contribution is 2.32. The monoisotopic (exact) mass is 260 g/mol. The van der Waals surface area contributed by atoms with Crippen molar-refractivity contribution in [3.05, 3.63) is 34.6 Å². The van der Waals surface area contributed by atoms with Crippen molar-refractivity contribution in [1.82, 2.24) is 0 Å². The first-order valence-electron chi connectivity index (χ1n) is 3.83. The number of rotatable bonds is 2. The molecule has 1 unspecified atom stereocenters. The molecule has 0 saturated carbocycles. The summed E-state index contributed by atoms with van der Waals surface area (Å²) in [5, 5.41) is 9.19. The van der Waals surface area contributed by atoms with E-state index < -0.39 is 23.4 Å². The van der Waals surface area contributed by atoms with E-state index in [0.717, 1.165) is 12.1 Å². The van der Waals surface area contributed by atoms with E-state index in [1.807, 2.05) is 0 Å². The van der Waals surface area contributed by atoms with Crippen LogP contribution >= 0.6 is 24.0 Å². The lowest BCUT2D eigenvalue weighted by Crippen LogP contribution is -2.22. The number of aliphatic hydroxyl groups is 1. The number of aliphatic hydroxyl groups excluding tert-OH is 1. The van der Waals surface area contributed by atoms with Crippen LogP contribution in [0, 0.1) is 5.82 Å². The van der Waals surface area contributed by atoms with Gasteiger partial charge >= 0.3 is 0 Å². The summed E-state index contributed by atoms with van der Waals surface area (Å²) in [5.74, 6) is -4.32. The number of hydrogen-bond acceptors (Lipinski definition) is 1. The molecule has 0 amide bonds. The Kier molecular flexibility index (Phi) is 4.90. The molecule has 0 radical (unpaired) electrons. The lowest BCUT2D eigenvalue weighted by Gasteiger charge is -2.18. The maximum Gasteiger partial charge on any atom is 0.274 e. The van der Waals surface area contributed by atoms with Gasteiger partial charge in [-0.05, 0) is 12.1 Å². The predicted molar refractivity (Wildman–Crippen MR) is 54.2 cm³/mol. The third-order valence-electron chi connectivity index (χ3n) is 1.74. The Morgan fingerprint density at radius 2 is 1.93 bits per heavy atom. The quantitative estimate of drug-likeness (QED) is 0.862. The molecule has 6 heteroatoms. The van der Waals surface area contributed by atoms with Gasteiger partial charge < -0.3 is 5.11 Å². The summed E-state index contributed by atoms with van der Waals surface area (Å²) in [7, 11) is 0. The van der Waals surface area contributed by atoms with Crippen molar-refractivity contribution in [3.63, 3.8) is 0 Å². The van der Waals surface area contributed by atoms with Crippen LogP contribution in [0.3, 0.4) is 0 Å². The van der Waals surface area contributed by atoms with Gasteiger partial charge in [-0.3, -0.25) is 0 Å². The molecule has 0 aliphatic rings. The SMILES string of the molecule is CC(F)(F)C(O)c1ccc(Cl)cc1F.Cl. The minimum atomic E-state index is -3.38. The molecule has 86 valence electrons. The van der Waals surface area contributed by atoms with Crippen LogP contribution in [0.15, 0.2) is 18.2 Å². The first-order valence-corrected chi connectivity index (χ1v) is 4.21. The number of halogens is 5. The van der Waals surface area contributed by atoms with E-state index in [0.29, 0.717) is 6.92 Å². The molecule has 1 N–H and O–H groups in total. The lowest BCUT2D eigenvalue weighted by molar-refractivity contribution is -0.0967. The highest BCUT2D eigenvalue weighted by atomic mass is 35.5. The fourth-order valence-corrected chi connectivity index (χ4v) is 1.16. The Balaban J connectivity index is 0.00000196. The molecule has 1 atom stereocenters. The molecule has 0 aromatic heterocycles. The second-order valence-corrected chi connectivity index (χ2v) is 3.46. The van der Waals surface area contributed by atoms with Crippen LogP contribution in [0.2, 0.25) is 5.02 Å². The van der Waals surface area contributed by atoms with Gasteiger partial charge in [0.2, 0.25) is 0 Å². The average Bonchev–Trinajstić information content (AvgIpc) is 2.01. The molecule has 0 aliphatic carbocycles. The zero-order valence-corrected chi connectivity index (χ0v) is 9.25. The molecule has 1 aromatic rings. The Morgan fingerprint density at radius 1 is 1.40 bits per heavy atom. The summed E-state index contributed by atoms with van der Waals surface area (Å²) < 4.78 is 38.3. The third kappa shape index (κ3) is 3.55. The van der Waals surface area contributed by atoms with Gasteiger partial charge in [-0.2, -0.15) is 0 Å². The van der Waals surface area contributed by atoms with Crippen LogP contribution in [0.4, 0.5) is 13.2 Å². The average molecular weight is 261 g/mol. The van der Waals surface area contributed by atoms with Gasteiger partial charge in [0.15, 0.2) is 0 Å². The highest BCUT2D eigenvalue weighted by Gasteiger charge is 2.35. The molecular weight excluding hydrogens is 252 g/mol. The van der Waals surface area contributed by atoms with Gasteiger partial charge in [-0.15, -0.1) is 12.4 Å². The molecule has 0 heterocycles. The number of hydrogen-bond donors (Lipinski definition) is 1. The van der Waals surface area contributed by atoms with Crippen molar-refractivity contribution in [2.24, 2.45) is 0 Å². The summed E-state index contributed by atoms with van der Waals surface area (Å²) >= 11 is 5.43. The van der Waals surface area contributed by atoms with Crippen molar-refractivity contribution in [2.75, 3.05) is 0 Å². The molecule has 1 nitrogen and oxygen atoms in total. The summed E-state index contributed by atoms with van der Waals surface area (Å²) in [4.78, 5) is 0. The molecule has 0 fully saturated rings. The fourth-order valence-electron chi connectivity index (χ4n) is 0.996. The van der Waals surface area contributed by atoms with E-state index in [1.54, 1.807) is 0 Å². The summed E-state index contributed by atoms with van der Waals surface area (Å²) in [5.41, 5.74) is -0.457. The van der Waals surface area contributed by atoms with Crippen molar-refractivity contribution in [2.45, 2.75) is 19.0 Å². The van der Waals surface area contributed by atoms with E-state index in [1.165, 1.54) is 6.07 Å². The van der Waals surface area contributed by atoms with Gasteiger partial charge in [-0.25, -0.2) is 13.2 Å². The van der Waals surface area contributed by atoms with Crippen molar-refractivity contribution < 1.29 is 18.3 Å². The Labute approximate surface area is 96.3 Å². The van der Waals surface area contributed by atoms with Gasteiger partial charge in [0.1, 0.15) is 11.9 Å². The van der Waals surface area contributed by atoms with Crippen molar-refractivity contribution in [3.8, 4) is 0 Å². The molecular formula is C9H9Cl2F3O. The molecule has 0 saturated heterocycles. The normalized spacial score (nSPS) is 13.2. The van der Waals surface area contributed by atoms with Gasteiger partial charge in [0.05, 0.1) is 0 Å². The van der Waals surface area contributed by atoms with E-state index in [2.05, 4.69) is 0 Å². The number of benzene rings is 1. The zero-order valence-electron chi connectivity index (χ0n) is 7.68. The molecule has 0 bridgehead atoms. The number of alkyl halides is 2. The zero-order chi connectivity index (χ0) is 10.9. The van der Waals surface area contributed by atoms with E-state index in [-0.39, 0.29) is 17.4 Å². The van der Waals surface area contributed by atoms with Gasteiger partial charge in [0.25, 0.3) is 5.92 Å². The van der Waals surface area contributed by atoms with Crippen molar-refractivity contribution in [1.29, 1.82) is 0 Å². The van der Waals surface area contributed by atoms with E-state index in [4.69, 9.17) is 16.7 Å². The topological polar surface area (TPSA) is 20.2 Å². The minimum absolute atomic E-state index is 0. The lowest BCUT2D eigenvalue weighted by atomic mass is 10.0. The fraction of sp³-hybridized carbons (Fsp3) is 0.333. The second-order valence-electron chi connectivity index (χ2n) is 3.02. The summed E-state index contributed by atoms with van der Waals surface area (Å²) in [6.45, 7) is 0.520. The second kappa shape index (κ2) is 5.05. The largest absolute Gasteiger partial charge is 0.382 e. The maximum atomic E-state index is 13.1. The first kappa shape index (κ1) is 14.6. The Hall–Kier alpha value is -0.450. The van der Waals surface area contributed by atoms with Crippen LogP contribution in [-0.2, 0) is 0 Å². The standard InChI is InChI=1S/C9H8ClF3O.ClH/c1-9(12,13)8(14)6-3-2-5(10)4-7(6)11;/h2-4,8,14H,1H3;1H. The Bertz CT molecular complexity index is 339. The smallest absolute Gasteiger partial charge is 0.274 e. The van der Waals surface area contributed by atoms with Crippen molar-refractivity contribution >= 4 is 24.0 Å². The highest BCUT2D eigenvalue weighted by molar-refractivity contribution is 6.30. The molecule has 0 spiro atoms. The van der Waals surface area contributed by atoms with Crippen LogP contribution in [0.25, 0.3) is 0 Å². The molecule has 15 heavy (non-hydrogen) atoms.